The Morgan fingerprint density at radius 1 is 0.759 bits per heavy atom. The summed E-state index contributed by atoms with van der Waals surface area (Å²) in [5.41, 5.74) is 11.4. The average molecular weight is 393 g/mol. The van der Waals surface area contributed by atoms with Crippen LogP contribution in [0.1, 0.15) is 18.9 Å². The number of para-hydroxylation sites is 3. The van der Waals surface area contributed by atoms with Crippen molar-refractivity contribution in [3.05, 3.63) is 84.4 Å². The van der Waals surface area contributed by atoms with E-state index in [0.29, 0.717) is 6.61 Å². The lowest BCUT2D eigenvalue weighted by Crippen LogP contribution is -2.11. The van der Waals surface area contributed by atoms with Crippen molar-refractivity contribution < 1.29 is 9.47 Å². The highest BCUT2D eigenvalue weighted by Crippen LogP contribution is 2.37. The Labute approximate surface area is 174 Å². The van der Waals surface area contributed by atoms with E-state index in [0.717, 1.165) is 42.4 Å². The molecule has 0 bridgehead atoms. The van der Waals surface area contributed by atoms with Gasteiger partial charge in [-0.2, -0.15) is 0 Å². The molecule has 0 unspecified atom stereocenters. The Balaban J connectivity index is 0.000000321. The van der Waals surface area contributed by atoms with E-state index in [1.165, 1.54) is 5.56 Å². The van der Waals surface area contributed by atoms with Gasteiger partial charge in [-0.1, -0.05) is 55.0 Å². The molecular weight excluding hydrogens is 360 g/mol. The first-order valence-electron chi connectivity index (χ1n) is 10.0. The Hall–Kier alpha value is -2.82. The summed E-state index contributed by atoms with van der Waals surface area (Å²) < 4.78 is 9.86. The van der Waals surface area contributed by atoms with Gasteiger partial charge in [0.05, 0.1) is 24.6 Å². The Kier molecular flexibility index (Phi) is 9.76. The molecule has 154 valence electrons. The van der Waals surface area contributed by atoms with Gasteiger partial charge in [0, 0.05) is 25.1 Å². The second-order valence-corrected chi connectivity index (χ2v) is 6.67. The molecule has 3 aromatic carbocycles. The first kappa shape index (κ1) is 22.5. The van der Waals surface area contributed by atoms with Gasteiger partial charge in [0.1, 0.15) is 0 Å². The van der Waals surface area contributed by atoms with Crippen molar-refractivity contribution >= 4 is 22.7 Å². The van der Waals surface area contributed by atoms with Crippen LogP contribution in [-0.4, -0.2) is 26.9 Å². The second-order valence-electron chi connectivity index (χ2n) is 6.67. The molecule has 0 amide bonds. The molecule has 0 saturated carbocycles. The molecule has 0 aromatic heterocycles. The quantitative estimate of drug-likeness (QED) is 0.371. The fourth-order valence-electron chi connectivity index (χ4n) is 2.78. The van der Waals surface area contributed by atoms with Gasteiger partial charge in [-0.3, -0.25) is 0 Å². The Bertz CT molecular complexity index is 814. The SMILES string of the molecule is CCCOCCOC.Cc1ccc(N(c2ccccc2)c2ccccc2N)cc1. The zero-order valence-corrected chi connectivity index (χ0v) is 17.7. The zero-order valence-electron chi connectivity index (χ0n) is 17.7. The number of nitrogens with two attached hydrogens (primary N) is 1. The fourth-order valence-corrected chi connectivity index (χ4v) is 2.78. The molecule has 0 spiro atoms. The summed E-state index contributed by atoms with van der Waals surface area (Å²) >= 11 is 0. The van der Waals surface area contributed by atoms with Crippen LogP contribution in [0.5, 0.6) is 0 Å². The van der Waals surface area contributed by atoms with Crippen LogP contribution in [0.25, 0.3) is 0 Å². The molecule has 0 fully saturated rings. The summed E-state index contributed by atoms with van der Waals surface area (Å²) in [6.45, 7) is 6.47. The number of hydrogen-bond donors (Lipinski definition) is 1. The molecule has 0 radical (unpaired) electrons. The van der Waals surface area contributed by atoms with E-state index in [1.54, 1.807) is 7.11 Å². The molecule has 0 heterocycles. The summed E-state index contributed by atoms with van der Waals surface area (Å²) in [4.78, 5) is 2.18. The minimum absolute atomic E-state index is 0.708. The predicted octanol–water partition coefficient (Wildman–Crippen LogP) is 6.11. The third-order valence-electron chi connectivity index (χ3n) is 4.26. The monoisotopic (exact) mass is 392 g/mol. The minimum atomic E-state index is 0.708. The van der Waals surface area contributed by atoms with Gasteiger partial charge in [0.2, 0.25) is 0 Å². The molecule has 3 aromatic rings. The number of ether oxygens (including phenoxy) is 2. The summed E-state index contributed by atoms with van der Waals surface area (Å²) in [5.74, 6) is 0. The van der Waals surface area contributed by atoms with Crippen LogP contribution in [0.3, 0.4) is 0 Å². The number of hydrogen-bond acceptors (Lipinski definition) is 4. The van der Waals surface area contributed by atoms with Crippen molar-refractivity contribution in [1.29, 1.82) is 0 Å². The van der Waals surface area contributed by atoms with Crippen molar-refractivity contribution in [2.24, 2.45) is 0 Å². The van der Waals surface area contributed by atoms with Crippen LogP contribution < -0.4 is 10.6 Å². The number of nitrogen functional groups attached to an aromatic ring is 1. The third kappa shape index (κ3) is 7.26. The van der Waals surface area contributed by atoms with Gasteiger partial charge in [-0.25, -0.2) is 0 Å². The van der Waals surface area contributed by atoms with Crippen LogP contribution in [0, 0.1) is 6.92 Å². The van der Waals surface area contributed by atoms with Crippen LogP contribution >= 0.6 is 0 Å². The molecule has 0 saturated heterocycles. The maximum absolute atomic E-state index is 6.18. The number of aryl methyl sites for hydroxylation is 1. The fraction of sp³-hybridized carbons (Fsp3) is 0.280. The molecule has 4 heteroatoms. The Morgan fingerprint density at radius 3 is 2.00 bits per heavy atom. The molecule has 29 heavy (non-hydrogen) atoms. The van der Waals surface area contributed by atoms with Crippen molar-refractivity contribution in [2.75, 3.05) is 37.6 Å². The highest BCUT2D eigenvalue weighted by Gasteiger charge is 2.13. The zero-order chi connectivity index (χ0) is 20.9. The molecule has 0 aliphatic rings. The van der Waals surface area contributed by atoms with Crippen LogP contribution in [0.4, 0.5) is 22.7 Å². The van der Waals surface area contributed by atoms with E-state index in [-0.39, 0.29) is 0 Å². The normalized spacial score (nSPS) is 10.2. The van der Waals surface area contributed by atoms with E-state index in [1.807, 2.05) is 42.5 Å². The number of rotatable bonds is 8. The van der Waals surface area contributed by atoms with E-state index < -0.39 is 0 Å². The van der Waals surface area contributed by atoms with E-state index in [4.69, 9.17) is 15.2 Å². The van der Waals surface area contributed by atoms with Crippen molar-refractivity contribution in [1.82, 2.24) is 0 Å². The largest absolute Gasteiger partial charge is 0.397 e. The summed E-state index contributed by atoms with van der Waals surface area (Å²) in [6, 6.07) is 26.7. The second kappa shape index (κ2) is 12.6. The standard InChI is InChI=1S/C19H18N2.C6H14O2/c1-15-11-13-17(14-12-15)21(16-7-3-2-4-8-16)19-10-6-5-9-18(19)20;1-3-4-8-6-5-7-2/h2-14H,20H2,1H3;3-6H2,1-2H3. The molecule has 0 aliphatic heterocycles. The van der Waals surface area contributed by atoms with Crippen LogP contribution in [-0.2, 0) is 9.47 Å². The predicted molar refractivity (Wildman–Crippen MR) is 123 cm³/mol. The van der Waals surface area contributed by atoms with Crippen LogP contribution in [0.15, 0.2) is 78.9 Å². The molecule has 0 aliphatic carbocycles. The first-order chi connectivity index (χ1) is 14.2. The number of anilines is 4. The van der Waals surface area contributed by atoms with E-state index in [2.05, 4.69) is 55.1 Å². The van der Waals surface area contributed by atoms with Crippen molar-refractivity contribution in [3.63, 3.8) is 0 Å². The van der Waals surface area contributed by atoms with Gasteiger partial charge in [0.25, 0.3) is 0 Å². The van der Waals surface area contributed by atoms with Gasteiger partial charge < -0.3 is 20.1 Å². The molecule has 0 atom stereocenters. The lowest BCUT2D eigenvalue weighted by Gasteiger charge is -2.26. The van der Waals surface area contributed by atoms with Crippen molar-refractivity contribution in [3.8, 4) is 0 Å². The molecular formula is C25H32N2O2. The minimum Gasteiger partial charge on any atom is -0.397 e. The van der Waals surface area contributed by atoms with Crippen LogP contribution in [0.2, 0.25) is 0 Å². The molecule has 4 nitrogen and oxygen atoms in total. The van der Waals surface area contributed by atoms with E-state index in [9.17, 15) is 0 Å². The highest BCUT2D eigenvalue weighted by atomic mass is 16.5. The lowest BCUT2D eigenvalue weighted by atomic mass is 10.1. The van der Waals surface area contributed by atoms with Gasteiger partial charge in [0.15, 0.2) is 0 Å². The third-order valence-corrected chi connectivity index (χ3v) is 4.26. The summed E-state index contributed by atoms with van der Waals surface area (Å²) in [6.07, 6.45) is 1.09. The maximum Gasteiger partial charge on any atom is 0.0700 e. The summed E-state index contributed by atoms with van der Waals surface area (Å²) in [5, 5.41) is 0. The van der Waals surface area contributed by atoms with Gasteiger partial charge in [-0.15, -0.1) is 0 Å². The van der Waals surface area contributed by atoms with Gasteiger partial charge >= 0.3 is 0 Å². The molecule has 2 N–H and O–H groups in total. The topological polar surface area (TPSA) is 47.7 Å². The number of nitrogens with zero attached hydrogens (tertiary/aromatic N) is 1. The van der Waals surface area contributed by atoms with Crippen molar-refractivity contribution in [2.45, 2.75) is 20.3 Å². The lowest BCUT2D eigenvalue weighted by molar-refractivity contribution is 0.0710. The summed E-state index contributed by atoms with van der Waals surface area (Å²) in [7, 11) is 1.68. The highest BCUT2D eigenvalue weighted by molar-refractivity contribution is 5.83. The number of benzene rings is 3. The smallest absolute Gasteiger partial charge is 0.0700 e. The maximum atomic E-state index is 6.18. The Morgan fingerprint density at radius 2 is 1.38 bits per heavy atom. The molecule has 3 rings (SSSR count). The van der Waals surface area contributed by atoms with Gasteiger partial charge in [-0.05, 0) is 49.7 Å². The number of methoxy groups -OCH3 is 1. The average Bonchev–Trinajstić information content (AvgIpc) is 2.75. The first-order valence-corrected chi connectivity index (χ1v) is 10.0. The van der Waals surface area contributed by atoms with E-state index >= 15 is 0 Å².